The standard InChI is InChI=1S/C10H18N2O2/c1-9(13)10-7-11-12(8-10)5-3-4-6-14-2/h7-9,13H,3-6H2,1-2H3. The van der Waals surface area contributed by atoms with E-state index in [1.165, 1.54) is 0 Å². The SMILES string of the molecule is COCCCCn1cc(C(C)O)cn1. The molecule has 0 aliphatic carbocycles. The normalized spacial score (nSPS) is 13.1. The maximum Gasteiger partial charge on any atom is 0.0792 e. The van der Waals surface area contributed by atoms with E-state index in [1.54, 1.807) is 20.2 Å². The van der Waals surface area contributed by atoms with Crippen molar-refractivity contribution in [1.82, 2.24) is 9.78 Å². The van der Waals surface area contributed by atoms with Gasteiger partial charge in [0.15, 0.2) is 0 Å². The molecule has 14 heavy (non-hydrogen) atoms. The van der Waals surface area contributed by atoms with Crippen molar-refractivity contribution in [3.05, 3.63) is 18.0 Å². The third-order valence-electron chi connectivity index (χ3n) is 2.12. The van der Waals surface area contributed by atoms with Crippen LogP contribution in [0, 0.1) is 0 Å². The number of aliphatic hydroxyl groups is 1. The van der Waals surface area contributed by atoms with Crippen molar-refractivity contribution in [2.75, 3.05) is 13.7 Å². The van der Waals surface area contributed by atoms with Crippen LogP contribution in [-0.4, -0.2) is 28.6 Å². The minimum atomic E-state index is -0.428. The van der Waals surface area contributed by atoms with Gasteiger partial charge in [-0.25, -0.2) is 0 Å². The molecule has 1 rings (SSSR count). The molecule has 4 heteroatoms. The van der Waals surface area contributed by atoms with Crippen LogP contribution in [0.5, 0.6) is 0 Å². The van der Waals surface area contributed by atoms with E-state index in [0.29, 0.717) is 0 Å². The van der Waals surface area contributed by atoms with Gasteiger partial charge in [0, 0.05) is 32.0 Å². The first-order valence-corrected chi connectivity index (χ1v) is 4.93. The lowest BCUT2D eigenvalue weighted by atomic mass is 10.2. The largest absolute Gasteiger partial charge is 0.389 e. The third-order valence-corrected chi connectivity index (χ3v) is 2.12. The first-order chi connectivity index (χ1) is 6.74. The van der Waals surface area contributed by atoms with Crippen LogP contribution in [0.1, 0.15) is 31.4 Å². The molecule has 0 aliphatic heterocycles. The molecule has 0 aromatic carbocycles. The number of methoxy groups -OCH3 is 1. The Morgan fingerprint density at radius 1 is 1.57 bits per heavy atom. The van der Waals surface area contributed by atoms with Gasteiger partial charge in [0.25, 0.3) is 0 Å². The number of ether oxygens (including phenoxy) is 1. The average molecular weight is 198 g/mol. The summed E-state index contributed by atoms with van der Waals surface area (Å²) in [5, 5.41) is 13.4. The van der Waals surface area contributed by atoms with Crippen LogP contribution >= 0.6 is 0 Å². The fraction of sp³-hybridized carbons (Fsp3) is 0.700. The highest BCUT2D eigenvalue weighted by Gasteiger charge is 2.03. The lowest BCUT2D eigenvalue weighted by Crippen LogP contribution is -2.00. The number of aromatic nitrogens is 2. The molecule has 1 heterocycles. The van der Waals surface area contributed by atoms with E-state index < -0.39 is 6.10 Å². The quantitative estimate of drug-likeness (QED) is 0.702. The summed E-state index contributed by atoms with van der Waals surface area (Å²) in [6.07, 6.45) is 5.26. The van der Waals surface area contributed by atoms with Gasteiger partial charge in [-0.3, -0.25) is 4.68 Å². The minimum Gasteiger partial charge on any atom is -0.389 e. The molecule has 0 aliphatic rings. The van der Waals surface area contributed by atoms with E-state index in [0.717, 1.165) is 31.6 Å². The molecule has 0 saturated heterocycles. The monoisotopic (exact) mass is 198 g/mol. The van der Waals surface area contributed by atoms with Crippen molar-refractivity contribution in [2.45, 2.75) is 32.4 Å². The number of unbranched alkanes of at least 4 members (excludes halogenated alkanes) is 1. The molecule has 1 atom stereocenters. The van der Waals surface area contributed by atoms with Gasteiger partial charge in [-0.2, -0.15) is 5.10 Å². The Kier molecular flexibility index (Phi) is 4.62. The van der Waals surface area contributed by atoms with Gasteiger partial charge in [-0.15, -0.1) is 0 Å². The minimum absolute atomic E-state index is 0.428. The van der Waals surface area contributed by atoms with E-state index in [9.17, 15) is 5.11 Å². The second-order valence-corrected chi connectivity index (χ2v) is 3.41. The van der Waals surface area contributed by atoms with Crippen LogP contribution in [0.2, 0.25) is 0 Å². The number of aliphatic hydroxyl groups excluding tert-OH is 1. The molecular weight excluding hydrogens is 180 g/mol. The van der Waals surface area contributed by atoms with Gasteiger partial charge in [0.2, 0.25) is 0 Å². The maximum absolute atomic E-state index is 9.27. The Morgan fingerprint density at radius 3 is 2.93 bits per heavy atom. The van der Waals surface area contributed by atoms with Gasteiger partial charge in [-0.05, 0) is 19.8 Å². The molecule has 0 radical (unpaired) electrons. The van der Waals surface area contributed by atoms with Crippen LogP contribution in [0.15, 0.2) is 12.4 Å². The number of nitrogens with zero attached hydrogens (tertiary/aromatic N) is 2. The van der Waals surface area contributed by atoms with Gasteiger partial charge in [-0.1, -0.05) is 0 Å². The Bertz CT molecular complexity index is 258. The predicted octanol–water partition coefficient (Wildman–Crippen LogP) is 1.36. The topological polar surface area (TPSA) is 47.3 Å². The number of rotatable bonds is 6. The molecule has 80 valence electrons. The van der Waals surface area contributed by atoms with Crippen LogP contribution < -0.4 is 0 Å². The van der Waals surface area contributed by atoms with E-state index in [4.69, 9.17) is 4.74 Å². The molecule has 0 saturated carbocycles. The van der Waals surface area contributed by atoms with Crippen molar-refractivity contribution in [2.24, 2.45) is 0 Å². The second kappa shape index (κ2) is 5.78. The molecule has 1 N–H and O–H groups in total. The molecule has 1 aromatic heterocycles. The summed E-state index contributed by atoms with van der Waals surface area (Å²) < 4.78 is 6.81. The highest BCUT2D eigenvalue weighted by Crippen LogP contribution is 2.09. The third kappa shape index (κ3) is 3.47. The van der Waals surface area contributed by atoms with E-state index in [-0.39, 0.29) is 0 Å². The van der Waals surface area contributed by atoms with Crippen molar-refractivity contribution < 1.29 is 9.84 Å². The highest BCUT2D eigenvalue weighted by molar-refractivity contribution is 5.06. The Morgan fingerprint density at radius 2 is 2.36 bits per heavy atom. The molecule has 0 bridgehead atoms. The fourth-order valence-corrected chi connectivity index (χ4v) is 1.24. The molecule has 0 amide bonds. The lowest BCUT2D eigenvalue weighted by molar-refractivity contribution is 0.190. The first kappa shape index (κ1) is 11.2. The van der Waals surface area contributed by atoms with Gasteiger partial charge in [0.1, 0.15) is 0 Å². The van der Waals surface area contributed by atoms with Crippen molar-refractivity contribution >= 4 is 0 Å². The zero-order valence-electron chi connectivity index (χ0n) is 8.81. The molecule has 0 fully saturated rings. The van der Waals surface area contributed by atoms with Crippen LogP contribution in [0.4, 0.5) is 0 Å². The summed E-state index contributed by atoms with van der Waals surface area (Å²) in [5.74, 6) is 0. The van der Waals surface area contributed by atoms with Crippen molar-refractivity contribution in [3.8, 4) is 0 Å². The summed E-state index contributed by atoms with van der Waals surface area (Å²) in [5.41, 5.74) is 0.872. The fourth-order valence-electron chi connectivity index (χ4n) is 1.24. The van der Waals surface area contributed by atoms with Crippen molar-refractivity contribution in [3.63, 3.8) is 0 Å². The van der Waals surface area contributed by atoms with Crippen LogP contribution in [-0.2, 0) is 11.3 Å². The van der Waals surface area contributed by atoms with E-state index >= 15 is 0 Å². The second-order valence-electron chi connectivity index (χ2n) is 3.41. The summed E-state index contributed by atoms with van der Waals surface area (Å²) in [4.78, 5) is 0. The molecule has 4 nitrogen and oxygen atoms in total. The molecular formula is C10H18N2O2. The zero-order valence-corrected chi connectivity index (χ0v) is 8.81. The highest BCUT2D eigenvalue weighted by atomic mass is 16.5. The first-order valence-electron chi connectivity index (χ1n) is 4.93. The summed E-state index contributed by atoms with van der Waals surface area (Å²) in [7, 11) is 1.71. The van der Waals surface area contributed by atoms with E-state index in [2.05, 4.69) is 5.10 Å². The lowest BCUT2D eigenvalue weighted by Gasteiger charge is -2.01. The maximum atomic E-state index is 9.27. The zero-order chi connectivity index (χ0) is 10.4. The average Bonchev–Trinajstić information content (AvgIpc) is 2.61. The number of aryl methyl sites for hydroxylation is 1. The number of hydrogen-bond donors (Lipinski definition) is 1. The van der Waals surface area contributed by atoms with Gasteiger partial charge in [0.05, 0.1) is 12.3 Å². The summed E-state index contributed by atoms with van der Waals surface area (Å²) in [6, 6.07) is 0. The predicted molar refractivity (Wildman–Crippen MR) is 54.0 cm³/mol. The van der Waals surface area contributed by atoms with Crippen LogP contribution in [0.25, 0.3) is 0 Å². The van der Waals surface area contributed by atoms with E-state index in [1.807, 2.05) is 10.9 Å². The number of hydrogen-bond acceptors (Lipinski definition) is 3. The van der Waals surface area contributed by atoms with Gasteiger partial charge < -0.3 is 9.84 Å². The molecule has 1 unspecified atom stereocenters. The van der Waals surface area contributed by atoms with Crippen molar-refractivity contribution in [1.29, 1.82) is 0 Å². The summed E-state index contributed by atoms with van der Waals surface area (Å²) in [6.45, 7) is 3.42. The van der Waals surface area contributed by atoms with Gasteiger partial charge >= 0.3 is 0 Å². The molecule has 1 aromatic rings. The Balaban J connectivity index is 2.29. The summed E-state index contributed by atoms with van der Waals surface area (Å²) >= 11 is 0. The Hall–Kier alpha value is -0.870. The smallest absolute Gasteiger partial charge is 0.0792 e. The Labute approximate surface area is 84.5 Å². The van der Waals surface area contributed by atoms with Crippen LogP contribution in [0.3, 0.4) is 0 Å². The molecule has 0 spiro atoms.